The number of rotatable bonds is 3. The Balaban J connectivity index is 2.31. The minimum absolute atomic E-state index is 0.191. The van der Waals surface area contributed by atoms with Crippen molar-refractivity contribution in [3.05, 3.63) is 27.9 Å². The van der Waals surface area contributed by atoms with Gasteiger partial charge >= 0.3 is 5.97 Å². The second kappa shape index (κ2) is 3.25. The van der Waals surface area contributed by atoms with Crippen molar-refractivity contribution in [2.45, 2.75) is 25.2 Å². The highest BCUT2D eigenvalue weighted by atomic mass is 16.4. The molecule has 0 aliphatic heterocycles. The van der Waals surface area contributed by atoms with E-state index in [1.54, 1.807) is 0 Å². The molecule has 1 fully saturated rings. The Kier molecular flexibility index (Phi) is 2.07. The third-order valence-electron chi connectivity index (χ3n) is 2.11. The van der Waals surface area contributed by atoms with E-state index in [1.165, 1.54) is 6.07 Å². The zero-order valence-corrected chi connectivity index (χ0v) is 7.49. The van der Waals surface area contributed by atoms with E-state index in [0.717, 1.165) is 12.8 Å². The van der Waals surface area contributed by atoms with Crippen LogP contribution in [0, 0.1) is 0 Å². The maximum atomic E-state index is 11.1. The predicted octanol–water partition coefficient (Wildman–Crippen LogP) is 0.274. The summed E-state index contributed by atoms with van der Waals surface area (Å²) in [6.45, 7) is 0. The Morgan fingerprint density at radius 3 is 2.93 bits per heavy atom. The van der Waals surface area contributed by atoms with E-state index >= 15 is 0 Å². The van der Waals surface area contributed by atoms with Crippen molar-refractivity contribution in [2.24, 2.45) is 0 Å². The third-order valence-corrected chi connectivity index (χ3v) is 2.11. The number of carboxylic acid groups (broad SMARTS) is 1. The van der Waals surface area contributed by atoms with Crippen molar-refractivity contribution in [3.63, 3.8) is 0 Å². The summed E-state index contributed by atoms with van der Waals surface area (Å²) < 4.78 is 0. The molecule has 5 heteroatoms. The Hall–Kier alpha value is -1.65. The molecule has 0 bridgehead atoms. The molecule has 2 rings (SSSR count). The Bertz CT molecular complexity index is 420. The molecule has 2 N–H and O–H groups in total. The first kappa shape index (κ1) is 8.93. The van der Waals surface area contributed by atoms with Crippen LogP contribution in [0.3, 0.4) is 0 Å². The molecule has 5 nitrogen and oxygen atoms in total. The van der Waals surface area contributed by atoms with Crippen LogP contribution in [-0.2, 0) is 11.2 Å². The molecule has 1 aromatic rings. The van der Waals surface area contributed by atoms with Gasteiger partial charge in [0.2, 0.25) is 0 Å². The first-order valence-corrected chi connectivity index (χ1v) is 4.47. The maximum Gasteiger partial charge on any atom is 0.309 e. The smallest absolute Gasteiger partial charge is 0.309 e. The minimum atomic E-state index is -0.968. The molecule has 14 heavy (non-hydrogen) atoms. The lowest BCUT2D eigenvalue weighted by Crippen LogP contribution is -2.14. The number of aliphatic carboxylic acids is 1. The Morgan fingerprint density at radius 1 is 1.64 bits per heavy atom. The van der Waals surface area contributed by atoms with E-state index in [4.69, 9.17) is 5.11 Å². The molecule has 0 radical (unpaired) electrons. The van der Waals surface area contributed by atoms with Crippen molar-refractivity contribution in [1.29, 1.82) is 0 Å². The molecule has 74 valence electrons. The van der Waals surface area contributed by atoms with Crippen molar-refractivity contribution in [1.82, 2.24) is 9.97 Å². The topological polar surface area (TPSA) is 83.0 Å². The van der Waals surface area contributed by atoms with E-state index in [0.29, 0.717) is 17.4 Å². The average Bonchev–Trinajstić information content (AvgIpc) is 2.82. The zero-order chi connectivity index (χ0) is 10.1. The molecule has 1 aliphatic rings. The first-order chi connectivity index (χ1) is 6.65. The van der Waals surface area contributed by atoms with E-state index < -0.39 is 5.97 Å². The molecule has 1 heterocycles. The summed E-state index contributed by atoms with van der Waals surface area (Å²) in [7, 11) is 0. The summed E-state index contributed by atoms with van der Waals surface area (Å²) in [6.07, 6.45) is 1.86. The van der Waals surface area contributed by atoms with Gasteiger partial charge in [-0.2, -0.15) is 0 Å². The second-order valence-electron chi connectivity index (χ2n) is 3.47. The van der Waals surface area contributed by atoms with Gasteiger partial charge in [-0.3, -0.25) is 9.59 Å². The molecule has 0 saturated heterocycles. The van der Waals surface area contributed by atoms with Crippen LogP contribution in [0.2, 0.25) is 0 Å². The molecule has 1 aromatic heterocycles. The lowest BCUT2D eigenvalue weighted by atomic mass is 10.3. The molecule has 0 aromatic carbocycles. The standard InChI is InChI=1S/C9H10N2O3/c12-7-3-6(4-8(13)14)10-9(11-7)5-1-2-5/h3,5H,1-2,4H2,(H,13,14)(H,10,11,12). The monoisotopic (exact) mass is 194 g/mol. The van der Waals surface area contributed by atoms with Gasteiger partial charge in [-0.25, -0.2) is 4.98 Å². The molecule has 0 spiro atoms. The van der Waals surface area contributed by atoms with Gasteiger partial charge in [0.05, 0.1) is 12.1 Å². The molecular formula is C9H10N2O3. The molecule has 1 saturated carbocycles. The number of nitrogens with zero attached hydrogens (tertiary/aromatic N) is 1. The van der Waals surface area contributed by atoms with Crippen LogP contribution in [0.4, 0.5) is 0 Å². The summed E-state index contributed by atoms with van der Waals surface area (Å²) in [5.74, 6) is -0.00459. The predicted molar refractivity (Wildman–Crippen MR) is 48.2 cm³/mol. The summed E-state index contributed by atoms with van der Waals surface area (Å²) in [5, 5.41) is 8.55. The van der Waals surface area contributed by atoms with Crippen molar-refractivity contribution < 1.29 is 9.90 Å². The van der Waals surface area contributed by atoms with Gasteiger partial charge in [0.1, 0.15) is 5.82 Å². The maximum absolute atomic E-state index is 11.1. The van der Waals surface area contributed by atoms with Gasteiger partial charge in [-0.05, 0) is 12.8 Å². The normalized spacial score (nSPS) is 15.4. The zero-order valence-electron chi connectivity index (χ0n) is 7.49. The van der Waals surface area contributed by atoms with Crippen molar-refractivity contribution >= 4 is 5.97 Å². The molecule has 0 amide bonds. The summed E-state index contributed by atoms with van der Waals surface area (Å²) >= 11 is 0. The summed E-state index contributed by atoms with van der Waals surface area (Å²) in [6, 6.07) is 1.24. The average molecular weight is 194 g/mol. The van der Waals surface area contributed by atoms with E-state index in [1.807, 2.05) is 0 Å². The highest BCUT2D eigenvalue weighted by Gasteiger charge is 2.26. The van der Waals surface area contributed by atoms with Crippen LogP contribution >= 0.6 is 0 Å². The van der Waals surface area contributed by atoms with Gasteiger partial charge in [-0.1, -0.05) is 0 Å². The van der Waals surface area contributed by atoms with E-state index in [2.05, 4.69) is 9.97 Å². The minimum Gasteiger partial charge on any atom is -0.481 e. The van der Waals surface area contributed by atoms with Crippen LogP contribution in [0.5, 0.6) is 0 Å². The summed E-state index contributed by atoms with van der Waals surface area (Å²) in [4.78, 5) is 28.3. The Labute approximate surface area is 79.8 Å². The highest BCUT2D eigenvalue weighted by Crippen LogP contribution is 2.37. The number of nitrogens with one attached hydrogen (secondary N) is 1. The third kappa shape index (κ3) is 1.99. The van der Waals surface area contributed by atoms with Gasteiger partial charge in [0.15, 0.2) is 0 Å². The number of carboxylic acids is 1. The fourth-order valence-electron chi connectivity index (χ4n) is 1.32. The largest absolute Gasteiger partial charge is 0.481 e. The first-order valence-electron chi connectivity index (χ1n) is 4.47. The van der Waals surface area contributed by atoms with Gasteiger partial charge in [0.25, 0.3) is 5.56 Å². The quantitative estimate of drug-likeness (QED) is 0.723. The Morgan fingerprint density at radius 2 is 2.36 bits per heavy atom. The SMILES string of the molecule is O=C(O)Cc1cc(=O)[nH]c(C2CC2)n1. The van der Waals surface area contributed by atoms with Crippen LogP contribution < -0.4 is 5.56 Å². The van der Waals surface area contributed by atoms with Crippen LogP contribution in [0.1, 0.15) is 30.3 Å². The van der Waals surface area contributed by atoms with E-state index in [9.17, 15) is 9.59 Å². The van der Waals surface area contributed by atoms with Crippen LogP contribution in [0.25, 0.3) is 0 Å². The lowest BCUT2D eigenvalue weighted by Gasteiger charge is -1.99. The lowest BCUT2D eigenvalue weighted by molar-refractivity contribution is -0.136. The van der Waals surface area contributed by atoms with Gasteiger partial charge in [-0.15, -0.1) is 0 Å². The number of hydrogen-bond donors (Lipinski definition) is 2. The molecular weight excluding hydrogens is 184 g/mol. The molecule has 1 aliphatic carbocycles. The number of carbonyl (C=O) groups is 1. The number of hydrogen-bond acceptors (Lipinski definition) is 3. The van der Waals surface area contributed by atoms with Crippen LogP contribution in [0.15, 0.2) is 10.9 Å². The van der Waals surface area contributed by atoms with Crippen molar-refractivity contribution in [2.75, 3.05) is 0 Å². The van der Waals surface area contributed by atoms with E-state index in [-0.39, 0.29) is 12.0 Å². The van der Waals surface area contributed by atoms with Gasteiger partial charge < -0.3 is 10.1 Å². The number of aromatic amines is 1. The molecule has 0 unspecified atom stereocenters. The second-order valence-corrected chi connectivity index (χ2v) is 3.47. The summed E-state index contributed by atoms with van der Waals surface area (Å²) in [5.41, 5.74) is 0.0706. The number of aromatic nitrogens is 2. The number of H-pyrrole nitrogens is 1. The van der Waals surface area contributed by atoms with Crippen molar-refractivity contribution in [3.8, 4) is 0 Å². The van der Waals surface area contributed by atoms with Crippen LogP contribution in [-0.4, -0.2) is 21.0 Å². The highest BCUT2D eigenvalue weighted by molar-refractivity contribution is 5.69. The van der Waals surface area contributed by atoms with Gasteiger partial charge in [0, 0.05) is 12.0 Å². The fraction of sp³-hybridized carbons (Fsp3) is 0.444. The fourth-order valence-corrected chi connectivity index (χ4v) is 1.32. The molecule has 0 atom stereocenters.